The number of piperidine rings is 1. The van der Waals surface area contributed by atoms with Crippen molar-refractivity contribution in [2.45, 2.75) is 43.7 Å². The zero-order valence-electron chi connectivity index (χ0n) is 6.59. The molecule has 1 atom stereocenters. The van der Waals surface area contributed by atoms with Gasteiger partial charge in [-0.1, -0.05) is 6.42 Å². The average Bonchev–Trinajstić information content (AvgIpc) is 2.70. The third-order valence-electron chi connectivity index (χ3n) is 2.82. The zero-order valence-corrected chi connectivity index (χ0v) is 8.75. The molecule has 11 heavy (non-hydrogen) atoms. The highest BCUT2D eigenvalue weighted by Gasteiger charge is 2.50. The van der Waals surface area contributed by atoms with E-state index in [-0.39, 0.29) is 5.60 Å². The maximum absolute atomic E-state index is 9.88. The molecule has 2 rings (SSSR count). The lowest BCUT2D eigenvalue weighted by Gasteiger charge is -2.34. The van der Waals surface area contributed by atoms with Crippen LogP contribution in [0.2, 0.25) is 0 Å². The van der Waals surface area contributed by atoms with Crippen LogP contribution in [0, 0.1) is 0 Å². The first-order valence-electron chi connectivity index (χ1n) is 4.37. The highest BCUT2D eigenvalue weighted by molar-refractivity contribution is 14.1. The van der Waals surface area contributed by atoms with E-state index < -0.39 is 0 Å². The van der Waals surface area contributed by atoms with Crippen LogP contribution in [0.4, 0.5) is 0 Å². The normalized spacial score (nSPS) is 37.1. The topological polar surface area (TPSA) is 23.5 Å². The minimum absolute atomic E-state index is 0.290. The van der Waals surface area contributed by atoms with Crippen molar-refractivity contribution in [1.29, 1.82) is 0 Å². The number of hydrogen-bond donors (Lipinski definition) is 1. The monoisotopic (exact) mass is 267 g/mol. The van der Waals surface area contributed by atoms with Gasteiger partial charge in [-0.2, -0.15) is 0 Å². The van der Waals surface area contributed by atoms with Crippen molar-refractivity contribution in [3.05, 3.63) is 0 Å². The van der Waals surface area contributed by atoms with Gasteiger partial charge in [0.15, 0.2) is 0 Å². The van der Waals surface area contributed by atoms with Gasteiger partial charge >= 0.3 is 0 Å². The molecule has 2 fully saturated rings. The minimum Gasteiger partial charge on any atom is -0.388 e. The van der Waals surface area contributed by atoms with Gasteiger partial charge in [0.1, 0.15) is 0 Å². The number of aliphatic hydroxyl groups is 1. The fourth-order valence-corrected chi connectivity index (χ4v) is 3.03. The Bertz CT molecular complexity index is 158. The van der Waals surface area contributed by atoms with Gasteiger partial charge in [-0.05, 0) is 25.7 Å². The second-order valence-corrected chi connectivity index (χ2v) is 4.98. The van der Waals surface area contributed by atoms with E-state index in [1.807, 2.05) is 0 Å². The van der Waals surface area contributed by atoms with Crippen molar-refractivity contribution in [2.75, 3.05) is 6.54 Å². The van der Waals surface area contributed by atoms with Crippen LogP contribution in [0.1, 0.15) is 32.1 Å². The number of halogens is 1. The summed E-state index contributed by atoms with van der Waals surface area (Å²) < 4.78 is 2.30. The molecule has 3 heteroatoms. The summed E-state index contributed by atoms with van der Waals surface area (Å²) in [6, 6.07) is 0.455. The molecular formula is C8H14INO. The predicted molar refractivity (Wildman–Crippen MR) is 52.5 cm³/mol. The molecule has 2 nitrogen and oxygen atoms in total. The summed E-state index contributed by atoms with van der Waals surface area (Å²) in [7, 11) is 0. The first-order valence-corrected chi connectivity index (χ1v) is 5.34. The summed E-state index contributed by atoms with van der Waals surface area (Å²) in [6.45, 7) is 1.16. The zero-order chi connectivity index (χ0) is 7.90. The summed E-state index contributed by atoms with van der Waals surface area (Å²) in [5.41, 5.74) is -0.290. The SMILES string of the molecule is OC1(C2CCCCN2I)CC1. The molecule has 0 aromatic rings. The quantitative estimate of drug-likeness (QED) is 0.577. The van der Waals surface area contributed by atoms with E-state index in [1.54, 1.807) is 0 Å². The van der Waals surface area contributed by atoms with Crippen LogP contribution in [0.5, 0.6) is 0 Å². The van der Waals surface area contributed by atoms with Crippen molar-refractivity contribution < 1.29 is 5.11 Å². The molecule has 1 saturated heterocycles. The number of hydrogen-bond acceptors (Lipinski definition) is 2. The average molecular weight is 267 g/mol. The van der Waals surface area contributed by atoms with Gasteiger partial charge in [0.05, 0.1) is 5.60 Å². The lowest BCUT2D eigenvalue weighted by atomic mass is 9.98. The van der Waals surface area contributed by atoms with Gasteiger partial charge in [-0.15, -0.1) is 0 Å². The summed E-state index contributed by atoms with van der Waals surface area (Å²) in [6.07, 6.45) is 5.84. The van der Waals surface area contributed by atoms with Crippen molar-refractivity contribution >= 4 is 22.9 Å². The molecule has 1 aliphatic carbocycles. The Kier molecular flexibility index (Phi) is 2.14. The molecule has 2 aliphatic rings. The van der Waals surface area contributed by atoms with Crippen LogP contribution in [-0.2, 0) is 0 Å². The molecule has 1 unspecified atom stereocenters. The maximum atomic E-state index is 9.88. The van der Waals surface area contributed by atoms with Crippen molar-refractivity contribution in [2.24, 2.45) is 0 Å². The Labute approximate surface area is 81.5 Å². The molecule has 64 valence electrons. The first-order chi connectivity index (χ1) is 5.22. The van der Waals surface area contributed by atoms with Crippen LogP contribution in [-0.4, -0.2) is 26.4 Å². The highest BCUT2D eigenvalue weighted by Crippen LogP contribution is 2.44. The molecule has 0 aromatic carbocycles. The fourth-order valence-electron chi connectivity index (χ4n) is 1.89. The Morgan fingerprint density at radius 3 is 2.64 bits per heavy atom. The number of nitrogens with zero attached hydrogens (tertiary/aromatic N) is 1. The Hall–Kier alpha value is 0.650. The van der Waals surface area contributed by atoms with Gasteiger partial charge in [-0.25, -0.2) is 3.11 Å². The predicted octanol–water partition coefficient (Wildman–Crippen LogP) is 1.72. The Morgan fingerprint density at radius 1 is 1.36 bits per heavy atom. The molecule has 0 bridgehead atoms. The van der Waals surface area contributed by atoms with E-state index in [2.05, 4.69) is 26.0 Å². The largest absolute Gasteiger partial charge is 0.388 e. The van der Waals surface area contributed by atoms with E-state index in [0.29, 0.717) is 6.04 Å². The van der Waals surface area contributed by atoms with Gasteiger partial charge in [0.2, 0.25) is 0 Å². The van der Waals surface area contributed by atoms with Gasteiger partial charge in [0, 0.05) is 35.5 Å². The van der Waals surface area contributed by atoms with E-state index in [4.69, 9.17) is 0 Å². The molecule has 1 aliphatic heterocycles. The van der Waals surface area contributed by atoms with Crippen LogP contribution in [0.3, 0.4) is 0 Å². The van der Waals surface area contributed by atoms with Crippen molar-refractivity contribution in [1.82, 2.24) is 3.11 Å². The molecule has 1 saturated carbocycles. The van der Waals surface area contributed by atoms with E-state index >= 15 is 0 Å². The summed E-state index contributed by atoms with van der Waals surface area (Å²) >= 11 is 2.36. The molecular weight excluding hydrogens is 253 g/mol. The lowest BCUT2D eigenvalue weighted by Crippen LogP contribution is -2.42. The third-order valence-corrected chi connectivity index (χ3v) is 3.97. The van der Waals surface area contributed by atoms with E-state index in [9.17, 15) is 5.11 Å². The standard InChI is InChI=1S/C8H14INO/c9-10-6-2-1-3-7(10)8(11)4-5-8/h7,11H,1-6H2. The van der Waals surface area contributed by atoms with Crippen LogP contribution in [0.25, 0.3) is 0 Å². The number of rotatable bonds is 1. The van der Waals surface area contributed by atoms with Gasteiger partial charge < -0.3 is 5.11 Å². The maximum Gasteiger partial charge on any atom is 0.0812 e. The first kappa shape index (κ1) is 8.26. The van der Waals surface area contributed by atoms with Crippen LogP contribution in [0.15, 0.2) is 0 Å². The molecule has 0 spiro atoms. The van der Waals surface area contributed by atoms with E-state index in [1.165, 1.54) is 19.3 Å². The Balaban J connectivity index is 1.99. The molecule has 0 aromatic heterocycles. The van der Waals surface area contributed by atoms with Crippen molar-refractivity contribution in [3.63, 3.8) is 0 Å². The fraction of sp³-hybridized carbons (Fsp3) is 1.00. The smallest absolute Gasteiger partial charge is 0.0812 e. The van der Waals surface area contributed by atoms with Gasteiger partial charge in [-0.3, -0.25) is 0 Å². The van der Waals surface area contributed by atoms with Crippen molar-refractivity contribution in [3.8, 4) is 0 Å². The highest BCUT2D eigenvalue weighted by atomic mass is 127. The summed E-state index contributed by atoms with van der Waals surface area (Å²) in [5.74, 6) is 0. The molecule has 0 radical (unpaired) electrons. The molecule has 0 amide bonds. The molecule has 1 N–H and O–H groups in total. The summed E-state index contributed by atoms with van der Waals surface area (Å²) in [5, 5.41) is 9.88. The second-order valence-electron chi connectivity index (χ2n) is 3.74. The van der Waals surface area contributed by atoms with Crippen LogP contribution < -0.4 is 0 Å². The lowest BCUT2D eigenvalue weighted by molar-refractivity contribution is 0.0603. The van der Waals surface area contributed by atoms with E-state index in [0.717, 1.165) is 19.4 Å². The third kappa shape index (κ3) is 1.55. The minimum atomic E-state index is -0.290. The van der Waals surface area contributed by atoms with Gasteiger partial charge in [0.25, 0.3) is 0 Å². The van der Waals surface area contributed by atoms with Crippen LogP contribution >= 0.6 is 22.9 Å². The summed E-state index contributed by atoms with van der Waals surface area (Å²) in [4.78, 5) is 0. The second kappa shape index (κ2) is 2.85. The Morgan fingerprint density at radius 2 is 2.09 bits per heavy atom. The molecule has 1 heterocycles.